The predicted octanol–water partition coefficient (Wildman–Crippen LogP) is 1.88. The lowest BCUT2D eigenvalue weighted by molar-refractivity contribution is -0.150. The van der Waals surface area contributed by atoms with Crippen LogP contribution in [0, 0.1) is 5.41 Å². The fourth-order valence-electron chi connectivity index (χ4n) is 4.13. The minimum atomic E-state index is -0.299. The van der Waals surface area contributed by atoms with Crippen molar-refractivity contribution in [1.29, 1.82) is 0 Å². The van der Waals surface area contributed by atoms with E-state index in [-0.39, 0.29) is 47.9 Å². The summed E-state index contributed by atoms with van der Waals surface area (Å²) in [6.07, 6.45) is 2.38. The van der Waals surface area contributed by atoms with Crippen LogP contribution >= 0.6 is 24.8 Å². The Kier molecular flexibility index (Phi) is 7.45. The minimum Gasteiger partial charge on any atom is -0.461 e. The molecule has 3 heterocycles. The third kappa shape index (κ3) is 4.49. The van der Waals surface area contributed by atoms with Crippen molar-refractivity contribution in [2.45, 2.75) is 31.9 Å². The van der Waals surface area contributed by atoms with Gasteiger partial charge in [-0.25, -0.2) is 4.98 Å². The van der Waals surface area contributed by atoms with Crippen molar-refractivity contribution in [3.05, 3.63) is 40.4 Å². The van der Waals surface area contributed by atoms with Gasteiger partial charge in [-0.2, -0.15) is 0 Å². The Hall–Kier alpha value is -1.67. The average Bonchev–Trinajstić information content (AvgIpc) is 2.90. The molecule has 9 heteroatoms. The first kappa shape index (κ1) is 22.6. The Morgan fingerprint density at radius 3 is 2.68 bits per heavy atom. The largest absolute Gasteiger partial charge is 0.461 e. The summed E-state index contributed by atoms with van der Waals surface area (Å²) < 4.78 is 5.66. The van der Waals surface area contributed by atoms with Crippen molar-refractivity contribution in [3.8, 4) is 0 Å². The number of esters is 1. The van der Waals surface area contributed by atoms with Crippen LogP contribution in [0.1, 0.15) is 25.1 Å². The van der Waals surface area contributed by atoms with Gasteiger partial charge in [0.25, 0.3) is 5.56 Å². The summed E-state index contributed by atoms with van der Waals surface area (Å²) in [6, 6.07) is 7.31. The second kappa shape index (κ2) is 9.22. The summed E-state index contributed by atoms with van der Waals surface area (Å²) in [5, 5.41) is 3.90. The number of nitrogens with one attached hydrogen (secondary N) is 2. The summed E-state index contributed by atoms with van der Waals surface area (Å²) >= 11 is 0. The molecule has 0 amide bonds. The van der Waals surface area contributed by atoms with Crippen LogP contribution in [0.4, 0.5) is 0 Å². The molecule has 1 aromatic carbocycles. The number of rotatable bonds is 4. The van der Waals surface area contributed by atoms with Gasteiger partial charge in [-0.05, 0) is 45.1 Å². The standard InChI is InChI=1S/C19H24N4O3.2ClH/c1-23(11-13-10-19(18(25)26-13)6-8-20-9-7-19)12-16-21-15-5-3-2-4-14(15)17(24)22-16;;/h2-5,13,20H,6-12H2,1H3,(H,21,22,24);2*1H. The molecule has 0 saturated carbocycles. The second-order valence-electron chi connectivity index (χ2n) is 7.49. The van der Waals surface area contributed by atoms with Crippen molar-refractivity contribution >= 4 is 41.7 Å². The van der Waals surface area contributed by atoms with Crippen molar-refractivity contribution in [2.75, 3.05) is 26.7 Å². The first-order valence-electron chi connectivity index (χ1n) is 9.14. The molecule has 0 bridgehead atoms. The van der Waals surface area contributed by atoms with Crippen LogP contribution in [0.3, 0.4) is 0 Å². The van der Waals surface area contributed by atoms with Crippen LogP contribution in [-0.2, 0) is 16.1 Å². The molecule has 1 atom stereocenters. The Morgan fingerprint density at radius 2 is 1.93 bits per heavy atom. The molecule has 1 spiro atoms. The van der Waals surface area contributed by atoms with E-state index in [0.29, 0.717) is 29.8 Å². The van der Waals surface area contributed by atoms with Crippen LogP contribution in [0.2, 0.25) is 0 Å². The molecule has 7 nitrogen and oxygen atoms in total. The van der Waals surface area contributed by atoms with E-state index < -0.39 is 0 Å². The van der Waals surface area contributed by atoms with E-state index in [1.165, 1.54) is 0 Å². The van der Waals surface area contributed by atoms with Crippen molar-refractivity contribution in [1.82, 2.24) is 20.2 Å². The molecule has 0 aliphatic carbocycles. The van der Waals surface area contributed by atoms with Crippen LogP contribution in [0.5, 0.6) is 0 Å². The molecule has 2 aliphatic rings. The molecule has 28 heavy (non-hydrogen) atoms. The fraction of sp³-hybridized carbons (Fsp3) is 0.526. The van der Waals surface area contributed by atoms with Crippen LogP contribution < -0.4 is 10.9 Å². The van der Waals surface area contributed by atoms with E-state index in [1.54, 1.807) is 6.07 Å². The molecule has 2 fully saturated rings. The topological polar surface area (TPSA) is 87.3 Å². The summed E-state index contributed by atoms with van der Waals surface area (Å²) in [7, 11) is 1.95. The smallest absolute Gasteiger partial charge is 0.312 e. The first-order chi connectivity index (χ1) is 12.6. The van der Waals surface area contributed by atoms with Gasteiger partial charge in [0.1, 0.15) is 11.9 Å². The summed E-state index contributed by atoms with van der Waals surface area (Å²) in [4.78, 5) is 34.0. The molecule has 2 aliphatic heterocycles. The van der Waals surface area contributed by atoms with Gasteiger partial charge >= 0.3 is 5.97 Å². The minimum absolute atomic E-state index is 0. The van der Waals surface area contributed by atoms with E-state index in [2.05, 4.69) is 15.3 Å². The molecule has 2 saturated heterocycles. The number of carbonyl (C=O) groups is 1. The number of ether oxygens (including phenoxy) is 1. The van der Waals surface area contributed by atoms with Gasteiger partial charge in [-0.15, -0.1) is 24.8 Å². The number of cyclic esters (lactones) is 1. The lowest BCUT2D eigenvalue weighted by Crippen LogP contribution is -2.39. The number of nitrogens with zero attached hydrogens (tertiary/aromatic N) is 2. The molecule has 154 valence electrons. The van der Waals surface area contributed by atoms with Crippen molar-refractivity contribution in [3.63, 3.8) is 0 Å². The number of likely N-dealkylation sites (N-methyl/N-ethyl adjacent to an activating group) is 1. The van der Waals surface area contributed by atoms with E-state index in [4.69, 9.17) is 4.74 Å². The molecular formula is C19H26Cl2N4O3. The average molecular weight is 429 g/mol. The number of carbonyl (C=O) groups excluding carboxylic acids is 1. The number of benzene rings is 1. The molecule has 2 N–H and O–H groups in total. The highest BCUT2D eigenvalue weighted by Gasteiger charge is 2.49. The van der Waals surface area contributed by atoms with Gasteiger partial charge in [0.2, 0.25) is 0 Å². The number of aromatic nitrogens is 2. The fourth-order valence-corrected chi connectivity index (χ4v) is 4.13. The van der Waals surface area contributed by atoms with Gasteiger partial charge in [0, 0.05) is 13.0 Å². The van der Waals surface area contributed by atoms with Gasteiger partial charge in [-0.1, -0.05) is 12.1 Å². The van der Waals surface area contributed by atoms with Gasteiger partial charge in [0.15, 0.2) is 0 Å². The number of halogens is 2. The Balaban J connectivity index is 0.00000140. The zero-order valence-electron chi connectivity index (χ0n) is 15.8. The summed E-state index contributed by atoms with van der Waals surface area (Å²) in [6.45, 7) is 2.89. The quantitative estimate of drug-likeness (QED) is 0.722. The maximum absolute atomic E-state index is 12.4. The number of piperidine rings is 1. The molecular weight excluding hydrogens is 403 g/mol. The van der Waals surface area contributed by atoms with Gasteiger partial charge in [0.05, 0.1) is 22.9 Å². The first-order valence-corrected chi connectivity index (χ1v) is 9.14. The monoisotopic (exact) mass is 428 g/mol. The van der Waals surface area contributed by atoms with E-state index in [1.807, 2.05) is 30.1 Å². The van der Waals surface area contributed by atoms with Crippen LogP contribution in [-0.4, -0.2) is 53.6 Å². The number of hydrogen-bond acceptors (Lipinski definition) is 6. The third-order valence-corrected chi connectivity index (χ3v) is 5.48. The number of aromatic amines is 1. The Morgan fingerprint density at radius 1 is 1.21 bits per heavy atom. The summed E-state index contributed by atoms with van der Waals surface area (Å²) in [5.41, 5.74) is 0.271. The number of para-hydroxylation sites is 1. The second-order valence-corrected chi connectivity index (χ2v) is 7.49. The van der Waals surface area contributed by atoms with Crippen LogP contribution in [0.25, 0.3) is 10.9 Å². The Labute approximate surface area is 176 Å². The molecule has 1 unspecified atom stereocenters. The molecule has 2 aromatic rings. The lowest BCUT2D eigenvalue weighted by atomic mass is 9.76. The Bertz CT molecular complexity index is 883. The lowest BCUT2D eigenvalue weighted by Gasteiger charge is -2.29. The van der Waals surface area contributed by atoms with Crippen LogP contribution in [0.15, 0.2) is 29.1 Å². The number of hydrogen-bond donors (Lipinski definition) is 2. The molecule has 0 radical (unpaired) electrons. The van der Waals surface area contributed by atoms with E-state index >= 15 is 0 Å². The van der Waals surface area contributed by atoms with Gasteiger partial charge < -0.3 is 15.0 Å². The maximum Gasteiger partial charge on any atom is 0.312 e. The zero-order chi connectivity index (χ0) is 18.1. The van der Waals surface area contributed by atoms with Crippen molar-refractivity contribution < 1.29 is 9.53 Å². The molecule has 1 aromatic heterocycles. The third-order valence-electron chi connectivity index (χ3n) is 5.48. The number of fused-ring (bicyclic) bond motifs is 1. The van der Waals surface area contributed by atoms with E-state index in [9.17, 15) is 9.59 Å². The SMILES string of the molecule is CN(Cc1nc2ccccc2c(=O)[nH]1)CC1CC2(CCNCC2)C(=O)O1.Cl.Cl. The number of H-pyrrole nitrogens is 1. The predicted molar refractivity (Wildman–Crippen MR) is 112 cm³/mol. The highest BCUT2D eigenvalue weighted by Crippen LogP contribution is 2.41. The highest BCUT2D eigenvalue weighted by atomic mass is 35.5. The zero-order valence-corrected chi connectivity index (χ0v) is 17.4. The summed E-state index contributed by atoms with van der Waals surface area (Å²) in [5.74, 6) is 0.576. The van der Waals surface area contributed by atoms with Crippen molar-refractivity contribution in [2.24, 2.45) is 5.41 Å². The maximum atomic E-state index is 12.4. The highest BCUT2D eigenvalue weighted by molar-refractivity contribution is 5.85. The molecule has 4 rings (SSSR count). The van der Waals surface area contributed by atoms with Gasteiger partial charge in [-0.3, -0.25) is 14.5 Å². The normalized spacial score (nSPS) is 20.6. The van der Waals surface area contributed by atoms with E-state index in [0.717, 1.165) is 32.4 Å².